The maximum absolute atomic E-state index is 4.59. The van der Waals surface area contributed by atoms with Gasteiger partial charge in [0.15, 0.2) is 0 Å². The van der Waals surface area contributed by atoms with Crippen LogP contribution >= 0.6 is 0 Å². The zero-order valence-corrected chi connectivity index (χ0v) is 11.1. The van der Waals surface area contributed by atoms with E-state index in [4.69, 9.17) is 0 Å². The van der Waals surface area contributed by atoms with Crippen LogP contribution in [0.1, 0.15) is 50.5 Å². The summed E-state index contributed by atoms with van der Waals surface area (Å²) in [6.45, 7) is 7.13. The molecule has 92 valence electrons. The van der Waals surface area contributed by atoms with Crippen molar-refractivity contribution < 1.29 is 0 Å². The van der Waals surface area contributed by atoms with Crippen LogP contribution < -0.4 is 5.32 Å². The molecule has 0 amide bonds. The lowest BCUT2D eigenvalue weighted by Crippen LogP contribution is -2.23. The summed E-state index contributed by atoms with van der Waals surface area (Å²) in [5.41, 5.74) is 2.21. The van der Waals surface area contributed by atoms with Crippen LogP contribution in [0.15, 0.2) is 18.2 Å². The molecule has 0 saturated carbocycles. The normalized spacial score (nSPS) is 11.7. The molecule has 0 aliphatic carbocycles. The largest absolute Gasteiger partial charge is 0.309 e. The highest BCUT2D eigenvalue weighted by Gasteiger charge is 2.10. The Hall–Kier alpha value is -1.33. The van der Waals surface area contributed by atoms with Gasteiger partial charge in [0, 0.05) is 12.1 Å². The standard InChI is InChI=1S/C15H22N2/c1-4-6-7-10-14(16-12-5-2)15-11-8-9-13(3)17-15/h8-9,11,14,16H,5,7,10,12H2,1-3H3. The average Bonchev–Trinajstić information content (AvgIpc) is 2.33. The van der Waals surface area contributed by atoms with Crippen LogP contribution in [-0.4, -0.2) is 11.5 Å². The summed E-state index contributed by atoms with van der Waals surface area (Å²) in [5, 5.41) is 3.54. The van der Waals surface area contributed by atoms with Crippen LogP contribution in [-0.2, 0) is 0 Å². The van der Waals surface area contributed by atoms with Crippen molar-refractivity contribution in [3.63, 3.8) is 0 Å². The summed E-state index contributed by atoms with van der Waals surface area (Å²) in [6.07, 6.45) is 3.09. The van der Waals surface area contributed by atoms with Crippen molar-refractivity contribution >= 4 is 0 Å². The zero-order chi connectivity index (χ0) is 12.5. The maximum atomic E-state index is 4.59. The number of pyridine rings is 1. The minimum atomic E-state index is 0.329. The van der Waals surface area contributed by atoms with E-state index < -0.39 is 0 Å². The van der Waals surface area contributed by atoms with E-state index in [1.807, 2.05) is 19.9 Å². The fourth-order valence-corrected chi connectivity index (χ4v) is 1.77. The van der Waals surface area contributed by atoms with Crippen LogP contribution in [0, 0.1) is 18.8 Å². The van der Waals surface area contributed by atoms with Gasteiger partial charge in [-0.05, 0) is 45.4 Å². The molecule has 0 fully saturated rings. The Morgan fingerprint density at radius 1 is 1.41 bits per heavy atom. The molecule has 0 aliphatic heterocycles. The third-order valence-electron chi connectivity index (χ3n) is 2.64. The highest BCUT2D eigenvalue weighted by molar-refractivity contribution is 5.14. The molecular formula is C15H22N2. The predicted octanol–water partition coefficient (Wildman–Crippen LogP) is 3.23. The van der Waals surface area contributed by atoms with E-state index in [2.05, 4.69) is 41.2 Å². The van der Waals surface area contributed by atoms with E-state index in [9.17, 15) is 0 Å². The van der Waals surface area contributed by atoms with Crippen LogP contribution in [0.25, 0.3) is 0 Å². The van der Waals surface area contributed by atoms with Gasteiger partial charge >= 0.3 is 0 Å². The molecule has 0 spiro atoms. The first kappa shape index (κ1) is 13.7. The average molecular weight is 230 g/mol. The molecule has 0 saturated heterocycles. The van der Waals surface area contributed by atoms with Gasteiger partial charge in [-0.25, -0.2) is 0 Å². The first-order valence-electron chi connectivity index (χ1n) is 6.34. The number of aromatic nitrogens is 1. The van der Waals surface area contributed by atoms with E-state index in [1.54, 1.807) is 0 Å². The predicted molar refractivity (Wildman–Crippen MR) is 72.7 cm³/mol. The Morgan fingerprint density at radius 2 is 2.24 bits per heavy atom. The van der Waals surface area contributed by atoms with Crippen LogP contribution in [0.4, 0.5) is 0 Å². The third-order valence-corrected chi connectivity index (χ3v) is 2.64. The van der Waals surface area contributed by atoms with E-state index in [1.165, 1.54) is 0 Å². The quantitative estimate of drug-likeness (QED) is 0.759. The van der Waals surface area contributed by atoms with Crippen LogP contribution in [0.2, 0.25) is 0 Å². The van der Waals surface area contributed by atoms with Gasteiger partial charge < -0.3 is 5.32 Å². The number of rotatable bonds is 6. The topological polar surface area (TPSA) is 24.9 Å². The molecule has 2 heteroatoms. The van der Waals surface area contributed by atoms with Gasteiger partial charge in [0.05, 0.1) is 11.7 Å². The number of aryl methyl sites for hydroxylation is 1. The SMILES string of the molecule is CC#CCCC(NCCC)c1cccc(C)n1. The zero-order valence-electron chi connectivity index (χ0n) is 11.1. The van der Waals surface area contributed by atoms with Crippen LogP contribution in [0.5, 0.6) is 0 Å². The van der Waals surface area contributed by atoms with Crippen LogP contribution in [0.3, 0.4) is 0 Å². The highest BCUT2D eigenvalue weighted by Crippen LogP contribution is 2.16. The van der Waals surface area contributed by atoms with Gasteiger partial charge in [0.1, 0.15) is 0 Å². The first-order chi connectivity index (χ1) is 8.27. The Kier molecular flexibility index (Phi) is 6.35. The van der Waals surface area contributed by atoms with Crippen molar-refractivity contribution in [1.29, 1.82) is 0 Å². The third kappa shape index (κ3) is 5.01. The van der Waals surface area contributed by atoms with E-state index in [0.29, 0.717) is 6.04 Å². The summed E-state index contributed by atoms with van der Waals surface area (Å²) in [6, 6.07) is 6.53. The summed E-state index contributed by atoms with van der Waals surface area (Å²) < 4.78 is 0. The molecule has 1 heterocycles. The molecular weight excluding hydrogens is 208 g/mol. The summed E-state index contributed by atoms with van der Waals surface area (Å²) in [4.78, 5) is 4.59. The van der Waals surface area contributed by atoms with Gasteiger partial charge in [-0.1, -0.05) is 13.0 Å². The fraction of sp³-hybridized carbons (Fsp3) is 0.533. The van der Waals surface area contributed by atoms with Gasteiger partial charge in [-0.2, -0.15) is 0 Å². The smallest absolute Gasteiger partial charge is 0.0576 e. The Bertz CT molecular complexity index is 387. The Morgan fingerprint density at radius 3 is 2.88 bits per heavy atom. The number of nitrogens with one attached hydrogen (secondary N) is 1. The van der Waals surface area contributed by atoms with Crippen molar-refractivity contribution in [2.75, 3.05) is 6.54 Å². The summed E-state index contributed by atoms with van der Waals surface area (Å²) >= 11 is 0. The van der Waals surface area contributed by atoms with E-state index in [0.717, 1.165) is 37.2 Å². The minimum absolute atomic E-state index is 0.329. The van der Waals surface area contributed by atoms with Crippen molar-refractivity contribution in [3.05, 3.63) is 29.6 Å². The lowest BCUT2D eigenvalue weighted by molar-refractivity contribution is 0.494. The maximum Gasteiger partial charge on any atom is 0.0576 e. The second kappa shape index (κ2) is 7.86. The lowest BCUT2D eigenvalue weighted by Gasteiger charge is -2.17. The molecule has 0 bridgehead atoms. The molecule has 1 N–H and O–H groups in total. The summed E-state index contributed by atoms with van der Waals surface area (Å²) in [7, 11) is 0. The summed E-state index contributed by atoms with van der Waals surface area (Å²) in [5.74, 6) is 6.07. The molecule has 1 aromatic heterocycles. The van der Waals surface area contributed by atoms with Gasteiger partial charge in [-0.3, -0.25) is 4.98 Å². The van der Waals surface area contributed by atoms with Crippen molar-refractivity contribution in [1.82, 2.24) is 10.3 Å². The minimum Gasteiger partial charge on any atom is -0.309 e. The Labute approximate surface area is 105 Å². The van der Waals surface area contributed by atoms with Gasteiger partial charge in [-0.15, -0.1) is 11.8 Å². The number of hydrogen-bond acceptors (Lipinski definition) is 2. The lowest BCUT2D eigenvalue weighted by atomic mass is 10.1. The number of nitrogens with zero attached hydrogens (tertiary/aromatic N) is 1. The molecule has 1 atom stereocenters. The monoisotopic (exact) mass is 230 g/mol. The Balaban J connectivity index is 2.69. The second-order valence-electron chi connectivity index (χ2n) is 4.18. The van der Waals surface area contributed by atoms with Crippen molar-refractivity contribution in [3.8, 4) is 11.8 Å². The molecule has 0 aliphatic rings. The molecule has 17 heavy (non-hydrogen) atoms. The van der Waals surface area contributed by atoms with E-state index >= 15 is 0 Å². The molecule has 1 rings (SSSR count). The van der Waals surface area contributed by atoms with Crippen molar-refractivity contribution in [2.45, 2.75) is 46.1 Å². The van der Waals surface area contributed by atoms with Gasteiger partial charge in [0.25, 0.3) is 0 Å². The van der Waals surface area contributed by atoms with Gasteiger partial charge in [0.2, 0.25) is 0 Å². The molecule has 1 aromatic rings. The van der Waals surface area contributed by atoms with E-state index in [-0.39, 0.29) is 0 Å². The first-order valence-corrected chi connectivity index (χ1v) is 6.34. The second-order valence-corrected chi connectivity index (χ2v) is 4.18. The molecule has 2 nitrogen and oxygen atoms in total. The van der Waals surface area contributed by atoms with Crippen molar-refractivity contribution in [2.24, 2.45) is 0 Å². The number of hydrogen-bond donors (Lipinski definition) is 1. The highest BCUT2D eigenvalue weighted by atomic mass is 14.9. The molecule has 0 aromatic carbocycles. The fourth-order valence-electron chi connectivity index (χ4n) is 1.77. The molecule has 0 radical (unpaired) electrons. The molecule has 1 unspecified atom stereocenters.